The normalized spacial score (nSPS) is 10.6. The Bertz CT molecular complexity index is 1150. The Balaban J connectivity index is 1.46. The second kappa shape index (κ2) is 16.9. The molecule has 2 N–H and O–H groups in total. The molecule has 7 heteroatoms. The number of unbranched alkanes of at least 4 members (excludes halogenated alkanes) is 7. The van der Waals surface area contributed by atoms with Crippen LogP contribution in [0.5, 0.6) is 11.5 Å². The van der Waals surface area contributed by atoms with E-state index >= 15 is 0 Å². The Kier molecular flexibility index (Phi) is 12.8. The smallest absolute Gasteiger partial charge is 0.255 e. The van der Waals surface area contributed by atoms with E-state index in [-0.39, 0.29) is 11.8 Å². The molecule has 0 aliphatic heterocycles. The predicted octanol–water partition coefficient (Wildman–Crippen LogP) is 6.83. The van der Waals surface area contributed by atoms with Crippen LogP contribution in [0.1, 0.15) is 84.6 Å². The first-order valence-electron chi connectivity index (χ1n) is 14.0. The van der Waals surface area contributed by atoms with Gasteiger partial charge in [-0.2, -0.15) is 0 Å². The van der Waals surface area contributed by atoms with Crippen molar-refractivity contribution in [3.05, 3.63) is 83.7 Å². The largest absolute Gasteiger partial charge is 0.495 e. The van der Waals surface area contributed by atoms with Crippen molar-refractivity contribution in [2.75, 3.05) is 25.6 Å². The highest BCUT2D eigenvalue weighted by Crippen LogP contribution is 2.26. The number of benzene rings is 2. The van der Waals surface area contributed by atoms with E-state index in [2.05, 4.69) is 22.5 Å². The van der Waals surface area contributed by atoms with Crippen molar-refractivity contribution in [2.45, 2.75) is 64.7 Å². The highest BCUT2D eigenvalue weighted by Gasteiger charge is 2.14. The molecule has 7 nitrogen and oxygen atoms in total. The molecule has 0 fully saturated rings. The molecule has 0 saturated heterocycles. The van der Waals surface area contributed by atoms with Crippen LogP contribution in [0.3, 0.4) is 0 Å². The number of hydrogen-bond acceptors (Lipinski definition) is 5. The topological polar surface area (TPSA) is 89.5 Å². The summed E-state index contributed by atoms with van der Waals surface area (Å²) < 4.78 is 11.2. The lowest BCUT2D eigenvalue weighted by molar-refractivity contribution is 0.0952. The van der Waals surface area contributed by atoms with Crippen molar-refractivity contribution in [1.29, 1.82) is 0 Å². The number of hydrogen-bond donors (Lipinski definition) is 2. The van der Waals surface area contributed by atoms with Crippen LogP contribution in [-0.4, -0.2) is 37.1 Å². The maximum absolute atomic E-state index is 12.9. The minimum absolute atomic E-state index is 0.222. The second-order valence-corrected chi connectivity index (χ2v) is 9.58. The fourth-order valence-corrected chi connectivity index (χ4v) is 4.24. The van der Waals surface area contributed by atoms with Crippen LogP contribution in [0.15, 0.2) is 67.0 Å². The van der Waals surface area contributed by atoms with Crippen LogP contribution in [0.25, 0.3) is 0 Å². The fraction of sp³-hybridized carbons (Fsp3) is 0.406. The van der Waals surface area contributed by atoms with Crippen molar-refractivity contribution in [3.63, 3.8) is 0 Å². The molecule has 0 radical (unpaired) electrons. The molecule has 0 atom stereocenters. The van der Waals surface area contributed by atoms with Gasteiger partial charge in [-0.05, 0) is 73.0 Å². The van der Waals surface area contributed by atoms with Gasteiger partial charge in [-0.25, -0.2) is 0 Å². The van der Waals surface area contributed by atoms with E-state index in [1.807, 2.05) is 24.3 Å². The number of amides is 2. The van der Waals surface area contributed by atoms with Gasteiger partial charge in [-0.3, -0.25) is 14.6 Å². The maximum Gasteiger partial charge on any atom is 0.255 e. The zero-order chi connectivity index (χ0) is 27.7. The maximum atomic E-state index is 12.9. The summed E-state index contributed by atoms with van der Waals surface area (Å²) in [6.07, 6.45) is 14.2. The monoisotopic (exact) mass is 531 g/mol. The molecular formula is C32H41N3O4. The SMILES string of the molecule is CCCCCCCCCCOc1ccc(C(=O)Nc2cc(C(=O)NCCc3ccncc3)ccc2OC)cc1. The minimum Gasteiger partial charge on any atom is -0.495 e. The van der Waals surface area contributed by atoms with Crippen molar-refractivity contribution in [1.82, 2.24) is 10.3 Å². The quantitative estimate of drug-likeness (QED) is 0.186. The Labute approximate surface area is 232 Å². The van der Waals surface area contributed by atoms with Gasteiger partial charge in [0.2, 0.25) is 0 Å². The van der Waals surface area contributed by atoms with E-state index in [9.17, 15) is 9.59 Å². The van der Waals surface area contributed by atoms with Gasteiger partial charge in [0.15, 0.2) is 0 Å². The third-order valence-electron chi connectivity index (χ3n) is 6.54. The predicted molar refractivity (Wildman–Crippen MR) is 156 cm³/mol. The highest BCUT2D eigenvalue weighted by molar-refractivity contribution is 6.06. The number of ether oxygens (including phenoxy) is 2. The minimum atomic E-state index is -0.293. The Morgan fingerprint density at radius 2 is 1.46 bits per heavy atom. The van der Waals surface area contributed by atoms with Gasteiger partial charge < -0.3 is 20.1 Å². The second-order valence-electron chi connectivity index (χ2n) is 9.58. The number of anilines is 1. The van der Waals surface area contributed by atoms with Gasteiger partial charge in [-0.15, -0.1) is 0 Å². The molecule has 0 aliphatic carbocycles. The molecule has 0 unspecified atom stereocenters. The molecule has 0 spiro atoms. The zero-order valence-corrected chi connectivity index (χ0v) is 23.2. The summed E-state index contributed by atoms with van der Waals surface area (Å²) in [6.45, 7) is 3.40. The summed E-state index contributed by atoms with van der Waals surface area (Å²) in [6, 6.07) is 15.9. The summed E-state index contributed by atoms with van der Waals surface area (Å²) in [7, 11) is 1.53. The van der Waals surface area contributed by atoms with Gasteiger partial charge >= 0.3 is 0 Å². The number of methoxy groups -OCH3 is 1. The van der Waals surface area contributed by atoms with E-state index in [4.69, 9.17) is 9.47 Å². The number of carbonyl (C=O) groups excluding carboxylic acids is 2. The third-order valence-corrected chi connectivity index (χ3v) is 6.54. The number of aromatic nitrogens is 1. The summed E-state index contributed by atoms with van der Waals surface area (Å²) in [5.74, 6) is 0.706. The van der Waals surface area contributed by atoms with Gasteiger partial charge in [0.1, 0.15) is 11.5 Å². The van der Waals surface area contributed by atoms with Crippen LogP contribution in [-0.2, 0) is 6.42 Å². The van der Waals surface area contributed by atoms with E-state index in [1.165, 1.54) is 52.1 Å². The number of rotatable bonds is 17. The first-order valence-corrected chi connectivity index (χ1v) is 14.0. The lowest BCUT2D eigenvalue weighted by Crippen LogP contribution is -2.26. The lowest BCUT2D eigenvalue weighted by Gasteiger charge is -2.13. The van der Waals surface area contributed by atoms with Crippen LogP contribution < -0.4 is 20.1 Å². The molecule has 0 bridgehead atoms. The molecule has 3 aromatic rings. The first kappa shape index (κ1) is 29.7. The number of pyridine rings is 1. The molecule has 3 rings (SSSR count). The van der Waals surface area contributed by atoms with Crippen molar-refractivity contribution >= 4 is 17.5 Å². The average Bonchev–Trinajstić information content (AvgIpc) is 2.97. The number of carbonyl (C=O) groups is 2. The van der Waals surface area contributed by atoms with E-state index in [0.717, 1.165) is 17.7 Å². The Morgan fingerprint density at radius 3 is 2.15 bits per heavy atom. The molecule has 0 aliphatic rings. The van der Waals surface area contributed by atoms with Gasteiger partial charge in [0.05, 0.1) is 19.4 Å². The van der Waals surface area contributed by atoms with Crippen molar-refractivity contribution < 1.29 is 19.1 Å². The molecule has 0 saturated carbocycles. The average molecular weight is 532 g/mol. The molecular weight excluding hydrogens is 490 g/mol. The fourth-order valence-electron chi connectivity index (χ4n) is 4.24. The molecule has 1 heterocycles. The van der Waals surface area contributed by atoms with Crippen molar-refractivity contribution in [3.8, 4) is 11.5 Å². The third kappa shape index (κ3) is 10.4. The summed E-state index contributed by atoms with van der Waals surface area (Å²) in [4.78, 5) is 29.6. The van der Waals surface area contributed by atoms with Crippen LogP contribution >= 0.6 is 0 Å². The molecule has 39 heavy (non-hydrogen) atoms. The van der Waals surface area contributed by atoms with E-state index < -0.39 is 0 Å². The van der Waals surface area contributed by atoms with Gasteiger partial charge in [-0.1, -0.05) is 51.9 Å². The van der Waals surface area contributed by atoms with E-state index in [1.54, 1.807) is 42.7 Å². The highest BCUT2D eigenvalue weighted by atomic mass is 16.5. The number of nitrogens with one attached hydrogen (secondary N) is 2. The van der Waals surface area contributed by atoms with Crippen LogP contribution in [0, 0.1) is 0 Å². The summed E-state index contributed by atoms with van der Waals surface area (Å²) in [5.41, 5.74) is 2.45. The Morgan fingerprint density at radius 1 is 0.795 bits per heavy atom. The van der Waals surface area contributed by atoms with Crippen molar-refractivity contribution in [2.24, 2.45) is 0 Å². The summed E-state index contributed by atoms with van der Waals surface area (Å²) >= 11 is 0. The lowest BCUT2D eigenvalue weighted by atomic mass is 10.1. The van der Waals surface area contributed by atoms with Gasteiger partial charge in [0.25, 0.3) is 11.8 Å². The molecule has 2 aromatic carbocycles. The van der Waals surface area contributed by atoms with Crippen LogP contribution in [0.4, 0.5) is 5.69 Å². The first-order chi connectivity index (χ1) is 19.1. The molecule has 2 amide bonds. The standard InChI is InChI=1S/C32H41N3O4/c1-3-4-5-6-7-8-9-10-23-39-28-14-11-26(12-15-28)32(37)35-29-24-27(13-16-30(29)38-2)31(36)34-22-19-25-17-20-33-21-18-25/h11-18,20-21,24H,3-10,19,22-23H2,1-2H3,(H,34,36)(H,35,37). The zero-order valence-electron chi connectivity index (χ0n) is 23.2. The van der Waals surface area contributed by atoms with E-state index in [0.29, 0.717) is 42.1 Å². The van der Waals surface area contributed by atoms with Gasteiger partial charge in [0, 0.05) is 30.1 Å². The molecule has 208 valence electrons. The molecule has 1 aromatic heterocycles. The Hall–Kier alpha value is -3.87. The van der Waals surface area contributed by atoms with Crippen LogP contribution in [0.2, 0.25) is 0 Å². The number of nitrogens with zero attached hydrogens (tertiary/aromatic N) is 1. The summed E-state index contributed by atoms with van der Waals surface area (Å²) in [5, 5.41) is 5.78.